The fourth-order valence-electron chi connectivity index (χ4n) is 3.31. The van der Waals surface area contributed by atoms with Gasteiger partial charge < -0.3 is 20.2 Å². The highest BCUT2D eigenvalue weighted by molar-refractivity contribution is 6.33. The standard InChI is InChI=1S/C24H27ClN4O4/c1-3-16(23(26)31)11-15-5-7-19(25)18(12-15)24-28-20(13-21(30)29-24)17-6-8-22(27-14-17)33-10-9-32-4-2/h5-8,12-14,16H,3-4,9-11H2,1-2H3,(H2,26,31)(H,28,29,30). The molecule has 0 saturated heterocycles. The fraction of sp³-hybridized carbons (Fsp3) is 0.333. The summed E-state index contributed by atoms with van der Waals surface area (Å²) < 4.78 is 10.8. The lowest BCUT2D eigenvalue weighted by molar-refractivity contribution is -0.121. The van der Waals surface area contributed by atoms with E-state index in [2.05, 4.69) is 15.0 Å². The van der Waals surface area contributed by atoms with Gasteiger partial charge in [0.15, 0.2) is 0 Å². The third-order valence-electron chi connectivity index (χ3n) is 5.12. The zero-order valence-corrected chi connectivity index (χ0v) is 19.4. The SMILES string of the molecule is CCOCCOc1ccc(-c2cc(=O)[nH]c(-c3cc(CC(CC)C(N)=O)ccc3Cl)n2)cn1. The van der Waals surface area contributed by atoms with Crippen molar-refractivity contribution in [3.05, 3.63) is 63.5 Å². The van der Waals surface area contributed by atoms with Crippen LogP contribution >= 0.6 is 11.6 Å². The number of H-pyrrole nitrogens is 1. The summed E-state index contributed by atoms with van der Waals surface area (Å²) in [6, 6.07) is 10.3. The normalized spacial score (nSPS) is 11.8. The van der Waals surface area contributed by atoms with Crippen LogP contribution in [0.15, 0.2) is 47.4 Å². The van der Waals surface area contributed by atoms with E-state index in [0.717, 1.165) is 5.56 Å². The number of hydrogen-bond acceptors (Lipinski definition) is 6. The molecule has 3 aromatic rings. The van der Waals surface area contributed by atoms with E-state index >= 15 is 0 Å². The molecule has 0 radical (unpaired) electrons. The second kappa shape index (κ2) is 11.6. The zero-order chi connectivity index (χ0) is 23.8. The van der Waals surface area contributed by atoms with Gasteiger partial charge >= 0.3 is 0 Å². The molecule has 2 aromatic heterocycles. The number of amides is 1. The van der Waals surface area contributed by atoms with Crippen LogP contribution < -0.4 is 16.0 Å². The first-order chi connectivity index (χ1) is 15.9. The zero-order valence-electron chi connectivity index (χ0n) is 18.6. The number of ether oxygens (including phenoxy) is 2. The van der Waals surface area contributed by atoms with Crippen LogP contribution in [0.5, 0.6) is 5.88 Å². The number of nitrogens with two attached hydrogens (primary N) is 1. The number of carbonyl (C=O) groups excluding carboxylic acids is 1. The Labute approximate surface area is 197 Å². The minimum atomic E-state index is -0.347. The van der Waals surface area contributed by atoms with Gasteiger partial charge in [-0.3, -0.25) is 9.59 Å². The summed E-state index contributed by atoms with van der Waals surface area (Å²) in [6.07, 6.45) is 2.71. The minimum absolute atomic E-state index is 0.280. The number of nitrogens with one attached hydrogen (secondary N) is 1. The topological polar surface area (TPSA) is 120 Å². The minimum Gasteiger partial charge on any atom is -0.475 e. The molecule has 0 aliphatic heterocycles. The molecule has 0 aliphatic carbocycles. The Balaban J connectivity index is 1.86. The molecular weight excluding hydrogens is 444 g/mol. The van der Waals surface area contributed by atoms with Gasteiger partial charge in [-0.15, -0.1) is 0 Å². The molecule has 3 rings (SSSR count). The Morgan fingerprint density at radius 2 is 2.00 bits per heavy atom. The predicted octanol–water partition coefficient (Wildman–Crippen LogP) is 3.62. The van der Waals surface area contributed by atoms with E-state index in [1.165, 1.54) is 6.07 Å². The van der Waals surface area contributed by atoms with Crippen LogP contribution in [0.2, 0.25) is 5.02 Å². The van der Waals surface area contributed by atoms with Crippen LogP contribution in [0.4, 0.5) is 0 Å². The largest absolute Gasteiger partial charge is 0.475 e. The van der Waals surface area contributed by atoms with Gasteiger partial charge in [0.25, 0.3) is 5.56 Å². The molecule has 0 aliphatic rings. The van der Waals surface area contributed by atoms with Crippen molar-refractivity contribution in [2.75, 3.05) is 19.8 Å². The monoisotopic (exact) mass is 470 g/mol. The first-order valence-corrected chi connectivity index (χ1v) is 11.2. The van der Waals surface area contributed by atoms with Crippen molar-refractivity contribution in [1.29, 1.82) is 0 Å². The van der Waals surface area contributed by atoms with Crippen molar-refractivity contribution in [3.63, 3.8) is 0 Å². The maximum Gasteiger partial charge on any atom is 0.251 e. The highest BCUT2D eigenvalue weighted by Gasteiger charge is 2.16. The van der Waals surface area contributed by atoms with Crippen LogP contribution in [0.25, 0.3) is 22.6 Å². The molecule has 8 nitrogen and oxygen atoms in total. The van der Waals surface area contributed by atoms with Crippen LogP contribution in [0, 0.1) is 5.92 Å². The molecule has 0 fully saturated rings. The molecule has 2 heterocycles. The lowest BCUT2D eigenvalue weighted by Crippen LogP contribution is -2.24. The van der Waals surface area contributed by atoms with Crippen molar-refractivity contribution >= 4 is 17.5 Å². The maximum absolute atomic E-state index is 12.4. The van der Waals surface area contributed by atoms with Gasteiger partial charge in [0.05, 0.1) is 17.3 Å². The third kappa shape index (κ3) is 6.63. The number of aromatic amines is 1. The second-order valence-corrected chi connectivity index (χ2v) is 7.84. The van der Waals surface area contributed by atoms with Gasteiger partial charge in [-0.25, -0.2) is 9.97 Å². The summed E-state index contributed by atoms with van der Waals surface area (Å²) in [4.78, 5) is 35.6. The maximum atomic E-state index is 12.4. The summed E-state index contributed by atoms with van der Waals surface area (Å²) >= 11 is 6.41. The molecule has 33 heavy (non-hydrogen) atoms. The number of nitrogens with zero attached hydrogens (tertiary/aromatic N) is 2. The molecule has 1 unspecified atom stereocenters. The van der Waals surface area contributed by atoms with E-state index in [0.29, 0.717) is 66.2 Å². The summed E-state index contributed by atoms with van der Waals surface area (Å²) in [5, 5.41) is 0.433. The number of carbonyl (C=O) groups is 1. The third-order valence-corrected chi connectivity index (χ3v) is 5.45. The Hall–Kier alpha value is -3.23. The number of pyridine rings is 1. The van der Waals surface area contributed by atoms with Crippen molar-refractivity contribution in [1.82, 2.24) is 15.0 Å². The lowest BCUT2D eigenvalue weighted by atomic mass is 9.95. The van der Waals surface area contributed by atoms with Gasteiger partial charge in [-0.2, -0.15) is 0 Å². The van der Waals surface area contributed by atoms with Crippen molar-refractivity contribution in [3.8, 4) is 28.5 Å². The van der Waals surface area contributed by atoms with Crippen molar-refractivity contribution in [2.24, 2.45) is 11.7 Å². The summed E-state index contributed by atoms with van der Waals surface area (Å²) in [6.45, 7) is 5.35. The second-order valence-electron chi connectivity index (χ2n) is 7.44. The molecule has 1 aromatic carbocycles. The molecular formula is C24H27ClN4O4. The average Bonchev–Trinajstić information content (AvgIpc) is 2.81. The van der Waals surface area contributed by atoms with E-state index in [9.17, 15) is 9.59 Å². The van der Waals surface area contributed by atoms with E-state index < -0.39 is 0 Å². The number of rotatable bonds is 11. The van der Waals surface area contributed by atoms with E-state index in [-0.39, 0.29) is 17.4 Å². The number of primary amides is 1. The fourth-order valence-corrected chi connectivity index (χ4v) is 3.52. The van der Waals surface area contributed by atoms with E-state index in [1.807, 2.05) is 26.0 Å². The van der Waals surface area contributed by atoms with E-state index in [4.69, 9.17) is 26.8 Å². The van der Waals surface area contributed by atoms with Crippen LogP contribution in [-0.4, -0.2) is 40.7 Å². The smallest absolute Gasteiger partial charge is 0.251 e. The molecule has 1 atom stereocenters. The van der Waals surface area contributed by atoms with Crippen LogP contribution in [0.1, 0.15) is 25.8 Å². The molecule has 1 amide bonds. The number of halogens is 1. The summed E-state index contributed by atoms with van der Waals surface area (Å²) in [5.41, 5.74) is 7.72. The van der Waals surface area contributed by atoms with Gasteiger partial charge in [0.2, 0.25) is 11.8 Å². The molecule has 0 spiro atoms. The predicted molar refractivity (Wildman–Crippen MR) is 127 cm³/mol. The molecule has 3 N–H and O–H groups in total. The van der Waals surface area contributed by atoms with Crippen LogP contribution in [-0.2, 0) is 16.0 Å². The summed E-state index contributed by atoms with van der Waals surface area (Å²) in [7, 11) is 0. The molecule has 0 saturated carbocycles. The number of benzene rings is 1. The van der Waals surface area contributed by atoms with Gasteiger partial charge in [-0.05, 0) is 43.5 Å². The van der Waals surface area contributed by atoms with Crippen LogP contribution in [0.3, 0.4) is 0 Å². The first kappa shape index (κ1) is 24.4. The molecule has 0 bridgehead atoms. The van der Waals surface area contributed by atoms with Gasteiger partial charge in [0.1, 0.15) is 12.4 Å². The highest BCUT2D eigenvalue weighted by atomic mass is 35.5. The average molecular weight is 471 g/mol. The number of hydrogen-bond donors (Lipinski definition) is 2. The van der Waals surface area contributed by atoms with Gasteiger partial charge in [-0.1, -0.05) is 24.6 Å². The lowest BCUT2D eigenvalue weighted by Gasteiger charge is -2.13. The van der Waals surface area contributed by atoms with Crippen molar-refractivity contribution < 1.29 is 14.3 Å². The van der Waals surface area contributed by atoms with Gasteiger partial charge in [0, 0.05) is 42.0 Å². The van der Waals surface area contributed by atoms with E-state index in [1.54, 1.807) is 24.4 Å². The Morgan fingerprint density at radius 3 is 2.67 bits per heavy atom. The molecule has 174 valence electrons. The quantitative estimate of drug-likeness (QED) is 0.413. The van der Waals surface area contributed by atoms with Crippen molar-refractivity contribution in [2.45, 2.75) is 26.7 Å². The first-order valence-electron chi connectivity index (χ1n) is 10.8. The molecule has 9 heteroatoms. The Morgan fingerprint density at radius 1 is 1.18 bits per heavy atom. The Bertz CT molecular complexity index is 1150. The number of aromatic nitrogens is 3. The highest BCUT2D eigenvalue weighted by Crippen LogP contribution is 2.28. The Kier molecular flexibility index (Phi) is 8.57. The summed E-state index contributed by atoms with van der Waals surface area (Å²) in [5.74, 6) is 0.158.